The van der Waals surface area contributed by atoms with Gasteiger partial charge in [0.15, 0.2) is 5.00 Å². The summed E-state index contributed by atoms with van der Waals surface area (Å²) in [4.78, 5) is 10.1. The molecular formula is C10H9BrN4O4S2. The first-order chi connectivity index (χ1) is 9.85. The molecule has 1 aromatic carbocycles. The lowest BCUT2D eigenvalue weighted by molar-refractivity contribution is -0.383. The summed E-state index contributed by atoms with van der Waals surface area (Å²) in [5.41, 5.74) is 2.06. The second-order valence-electron chi connectivity index (χ2n) is 3.77. The average molecular weight is 393 g/mol. The van der Waals surface area contributed by atoms with Crippen molar-refractivity contribution < 1.29 is 13.3 Å². The lowest BCUT2D eigenvalue weighted by atomic mass is 10.3. The zero-order valence-corrected chi connectivity index (χ0v) is 13.5. The van der Waals surface area contributed by atoms with E-state index in [1.807, 2.05) is 0 Å². The lowest BCUT2D eigenvalue weighted by Gasteiger charge is -2.07. The van der Waals surface area contributed by atoms with Gasteiger partial charge in [-0.2, -0.15) is 0 Å². The summed E-state index contributed by atoms with van der Waals surface area (Å²) in [6, 6.07) is 7.58. The SMILES string of the molecule is NNc1sc(S(=O)(=O)Nc2ccccc2Br)cc1[N+](=O)[O-]. The van der Waals surface area contributed by atoms with Gasteiger partial charge in [-0.3, -0.25) is 14.8 Å². The van der Waals surface area contributed by atoms with Crippen LogP contribution in [0, 0.1) is 10.1 Å². The topological polar surface area (TPSA) is 127 Å². The van der Waals surface area contributed by atoms with Crippen LogP contribution in [0.5, 0.6) is 0 Å². The molecule has 0 aliphatic rings. The van der Waals surface area contributed by atoms with Crippen molar-refractivity contribution in [1.82, 2.24) is 0 Å². The van der Waals surface area contributed by atoms with Crippen LogP contribution in [0.25, 0.3) is 0 Å². The van der Waals surface area contributed by atoms with E-state index in [4.69, 9.17) is 5.84 Å². The number of nitrogens with one attached hydrogen (secondary N) is 2. The standard InChI is InChI=1S/C10H9BrN4O4S2/c11-6-3-1-2-4-7(6)14-21(18,19)9-5-8(15(16)17)10(13-12)20-9/h1-5,13-14H,12H2. The van der Waals surface area contributed by atoms with Crippen LogP contribution >= 0.6 is 27.3 Å². The van der Waals surface area contributed by atoms with E-state index in [9.17, 15) is 18.5 Å². The number of thiophene rings is 1. The summed E-state index contributed by atoms with van der Waals surface area (Å²) < 4.78 is 27.2. The maximum Gasteiger partial charge on any atom is 0.306 e. The highest BCUT2D eigenvalue weighted by molar-refractivity contribution is 9.10. The molecule has 112 valence electrons. The van der Waals surface area contributed by atoms with E-state index in [0.717, 1.165) is 6.07 Å². The van der Waals surface area contributed by atoms with Crippen molar-refractivity contribution in [2.75, 3.05) is 10.1 Å². The van der Waals surface area contributed by atoms with E-state index >= 15 is 0 Å². The number of hydrogen-bond acceptors (Lipinski definition) is 7. The number of hydrogen-bond donors (Lipinski definition) is 3. The zero-order chi connectivity index (χ0) is 15.6. The summed E-state index contributed by atoms with van der Waals surface area (Å²) in [5.74, 6) is 5.15. The average Bonchev–Trinajstić information content (AvgIpc) is 2.86. The van der Waals surface area contributed by atoms with Crippen molar-refractivity contribution in [3.05, 3.63) is 44.9 Å². The Morgan fingerprint density at radius 2 is 2.00 bits per heavy atom. The van der Waals surface area contributed by atoms with Crippen LogP contribution in [0.3, 0.4) is 0 Å². The Labute approximate surface area is 132 Å². The summed E-state index contributed by atoms with van der Waals surface area (Å²) in [6.07, 6.45) is 0. The van der Waals surface area contributed by atoms with Gasteiger partial charge < -0.3 is 5.43 Å². The first kappa shape index (κ1) is 15.7. The molecule has 0 saturated heterocycles. The molecule has 2 rings (SSSR count). The van der Waals surface area contributed by atoms with E-state index in [1.54, 1.807) is 24.3 Å². The van der Waals surface area contributed by atoms with Crippen LogP contribution < -0.4 is 16.0 Å². The Balaban J connectivity index is 2.41. The molecule has 1 heterocycles. The van der Waals surface area contributed by atoms with E-state index < -0.39 is 20.6 Å². The normalized spacial score (nSPS) is 11.1. The third-order valence-electron chi connectivity index (χ3n) is 2.40. The molecule has 0 aliphatic heterocycles. The molecule has 21 heavy (non-hydrogen) atoms. The summed E-state index contributed by atoms with van der Waals surface area (Å²) in [6.45, 7) is 0. The van der Waals surface area contributed by atoms with E-state index in [0.29, 0.717) is 21.5 Å². The lowest BCUT2D eigenvalue weighted by Crippen LogP contribution is -2.11. The minimum atomic E-state index is -3.94. The van der Waals surface area contributed by atoms with Crippen molar-refractivity contribution >= 4 is 53.7 Å². The highest BCUT2D eigenvalue weighted by Gasteiger charge is 2.26. The third kappa shape index (κ3) is 3.32. The molecule has 2 aromatic rings. The maximum absolute atomic E-state index is 12.2. The van der Waals surface area contributed by atoms with Gasteiger partial charge in [-0.05, 0) is 28.1 Å². The van der Waals surface area contributed by atoms with Gasteiger partial charge in [0.05, 0.1) is 10.6 Å². The van der Waals surface area contributed by atoms with Gasteiger partial charge in [-0.15, -0.1) is 0 Å². The second-order valence-corrected chi connectivity index (χ2v) is 7.58. The predicted molar refractivity (Wildman–Crippen MR) is 83.7 cm³/mol. The molecular weight excluding hydrogens is 384 g/mol. The minimum absolute atomic E-state index is 0.0347. The maximum atomic E-state index is 12.2. The van der Waals surface area contributed by atoms with Gasteiger partial charge in [0.25, 0.3) is 10.0 Å². The smallest absolute Gasteiger partial charge is 0.306 e. The number of halogens is 1. The van der Waals surface area contributed by atoms with Crippen LogP contribution in [-0.2, 0) is 10.0 Å². The van der Waals surface area contributed by atoms with Crippen LogP contribution in [0.15, 0.2) is 39.0 Å². The Morgan fingerprint density at radius 3 is 2.52 bits per heavy atom. The molecule has 8 nitrogen and oxygen atoms in total. The number of nitrogens with zero attached hydrogens (tertiary/aromatic N) is 1. The van der Waals surface area contributed by atoms with Crippen molar-refractivity contribution in [2.24, 2.45) is 5.84 Å². The summed E-state index contributed by atoms with van der Waals surface area (Å²) in [7, 11) is -3.94. The number of para-hydroxylation sites is 1. The molecule has 0 radical (unpaired) electrons. The largest absolute Gasteiger partial charge is 0.310 e. The van der Waals surface area contributed by atoms with E-state index in [2.05, 4.69) is 26.1 Å². The number of nitrogens with two attached hydrogens (primary N) is 1. The van der Waals surface area contributed by atoms with Crippen molar-refractivity contribution in [2.45, 2.75) is 4.21 Å². The first-order valence-electron chi connectivity index (χ1n) is 5.37. The molecule has 11 heteroatoms. The van der Waals surface area contributed by atoms with Crippen molar-refractivity contribution in [3.63, 3.8) is 0 Å². The molecule has 0 fully saturated rings. The molecule has 0 aliphatic carbocycles. The number of anilines is 2. The van der Waals surface area contributed by atoms with Gasteiger partial charge in [0.1, 0.15) is 4.21 Å². The number of nitrogen functional groups attached to an aromatic ring is 1. The summed E-state index contributed by atoms with van der Waals surface area (Å²) in [5, 5.41) is 10.8. The van der Waals surface area contributed by atoms with E-state index in [-0.39, 0.29) is 9.21 Å². The van der Waals surface area contributed by atoms with Gasteiger partial charge in [-0.1, -0.05) is 23.5 Å². The number of benzene rings is 1. The van der Waals surface area contributed by atoms with E-state index in [1.165, 1.54) is 0 Å². The molecule has 0 atom stereocenters. The first-order valence-corrected chi connectivity index (χ1v) is 8.46. The number of hydrazine groups is 1. The van der Waals surface area contributed by atoms with Gasteiger partial charge in [-0.25, -0.2) is 14.3 Å². The Hall–Kier alpha value is -1.69. The molecule has 0 amide bonds. The Kier molecular flexibility index (Phi) is 4.46. The zero-order valence-electron chi connectivity index (χ0n) is 10.2. The highest BCUT2D eigenvalue weighted by atomic mass is 79.9. The fourth-order valence-corrected chi connectivity index (χ4v) is 4.30. The minimum Gasteiger partial charge on any atom is -0.310 e. The quantitative estimate of drug-likeness (QED) is 0.407. The molecule has 0 saturated carbocycles. The molecule has 0 unspecified atom stereocenters. The predicted octanol–water partition coefficient (Wildman–Crippen LogP) is 2.51. The second kappa shape index (κ2) is 5.97. The third-order valence-corrected chi connectivity index (χ3v) is 5.99. The van der Waals surface area contributed by atoms with Gasteiger partial charge >= 0.3 is 5.69 Å². The van der Waals surface area contributed by atoms with Crippen LogP contribution in [-0.4, -0.2) is 13.3 Å². The van der Waals surface area contributed by atoms with Crippen molar-refractivity contribution in [3.8, 4) is 0 Å². The molecule has 4 N–H and O–H groups in total. The van der Waals surface area contributed by atoms with Gasteiger partial charge in [0, 0.05) is 10.5 Å². The van der Waals surface area contributed by atoms with Gasteiger partial charge in [0.2, 0.25) is 0 Å². The highest BCUT2D eigenvalue weighted by Crippen LogP contribution is 2.37. The summed E-state index contributed by atoms with van der Waals surface area (Å²) >= 11 is 3.89. The van der Waals surface area contributed by atoms with Crippen LogP contribution in [0.1, 0.15) is 0 Å². The fourth-order valence-electron chi connectivity index (χ4n) is 1.47. The number of sulfonamides is 1. The molecule has 0 spiro atoms. The van der Waals surface area contributed by atoms with Crippen LogP contribution in [0.2, 0.25) is 0 Å². The Bertz CT molecular complexity index is 790. The monoisotopic (exact) mass is 392 g/mol. The molecule has 0 bridgehead atoms. The van der Waals surface area contributed by atoms with Crippen LogP contribution in [0.4, 0.5) is 16.4 Å². The van der Waals surface area contributed by atoms with Crippen molar-refractivity contribution in [1.29, 1.82) is 0 Å². The number of rotatable bonds is 5. The molecule has 1 aromatic heterocycles. The Morgan fingerprint density at radius 1 is 1.33 bits per heavy atom. The fraction of sp³-hybridized carbons (Fsp3) is 0. The number of nitro groups is 1.